The van der Waals surface area contributed by atoms with Crippen LogP contribution in [0.2, 0.25) is 0 Å². The molecule has 1 saturated heterocycles. The number of hydrogen-bond donors (Lipinski definition) is 1. The van der Waals surface area contributed by atoms with Crippen molar-refractivity contribution >= 4 is 34.1 Å². The van der Waals surface area contributed by atoms with Crippen LogP contribution < -0.4 is 5.32 Å². The molecule has 4 rings (SSSR count). The van der Waals surface area contributed by atoms with Crippen LogP contribution in [-0.2, 0) is 4.79 Å². The van der Waals surface area contributed by atoms with E-state index in [0.717, 1.165) is 47.9 Å². The summed E-state index contributed by atoms with van der Waals surface area (Å²) in [5.41, 5.74) is 1.89. The number of nitrogens with zero attached hydrogens (tertiary/aromatic N) is 3. The average Bonchev–Trinajstić information content (AvgIpc) is 3.09. The first-order chi connectivity index (χ1) is 14.0. The van der Waals surface area contributed by atoms with Gasteiger partial charge in [0.2, 0.25) is 5.91 Å². The van der Waals surface area contributed by atoms with E-state index in [2.05, 4.69) is 17.3 Å². The number of thioether (sulfide) groups is 1. The number of nitrogens with one attached hydrogen (secondary N) is 1. The fourth-order valence-electron chi connectivity index (χ4n) is 3.47. The van der Waals surface area contributed by atoms with Gasteiger partial charge < -0.3 is 10.2 Å². The number of rotatable bonds is 4. The Morgan fingerprint density at radius 3 is 2.48 bits per heavy atom. The van der Waals surface area contributed by atoms with Crippen molar-refractivity contribution in [3.8, 4) is 0 Å². The van der Waals surface area contributed by atoms with Crippen LogP contribution in [0.5, 0.6) is 0 Å². The van der Waals surface area contributed by atoms with E-state index in [1.807, 2.05) is 30.3 Å². The van der Waals surface area contributed by atoms with Gasteiger partial charge in [-0.05, 0) is 43.4 Å². The van der Waals surface area contributed by atoms with E-state index in [-0.39, 0.29) is 17.5 Å². The van der Waals surface area contributed by atoms with Crippen molar-refractivity contribution in [2.75, 3.05) is 31.2 Å². The molecule has 0 aromatic heterocycles. The summed E-state index contributed by atoms with van der Waals surface area (Å²) in [7, 11) is 2.10. The molecular formula is C22H23FN4OS. The van der Waals surface area contributed by atoms with Gasteiger partial charge in [-0.1, -0.05) is 30.0 Å². The van der Waals surface area contributed by atoms with Crippen LogP contribution >= 0.6 is 11.8 Å². The highest BCUT2D eigenvalue weighted by Crippen LogP contribution is 2.35. The molecule has 2 aromatic carbocycles. The Morgan fingerprint density at radius 1 is 1.10 bits per heavy atom. The summed E-state index contributed by atoms with van der Waals surface area (Å²) in [6.45, 7) is 1.85. The second kappa shape index (κ2) is 8.47. The number of halogens is 1. The number of para-hydroxylation sites is 1. The van der Waals surface area contributed by atoms with E-state index in [1.165, 1.54) is 23.9 Å². The molecule has 0 saturated carbocycles. The van der Waals surface area contributed by atoms with Crippen molar-refractivity contribution in [1.82, 2.24) is 4.90 Å². The van der Waals surface area contributed by atoms with Gasteiger partial charge in [0.15, 0.2) is 5.66 Å². The second-order valence-electron chi connectivity index (χ2n) is 7.37. The van der Waals surface area contributed by atoms with Gasteiger partial charge in [0.05, 0.1) is 11.5 Å². The Balaban J connectivity index is 1.51. The lowest BCUT2D eigenvalue weighted by molar-refractivity contribution is -0.113. The van der Waals surface area contributed by atoms with Gasteiger partial charge in [-0.2, -0.15) is 0 Å². The zero-order valence-corrected chi connectivity index (χ0v) is 17.1. The zero-order valence-electron chi connectivity index (χ0n) is 16.3. The molecule has 1 N–H and O–H groups in total. The summed E-state index contributed by atoms with van der Waals surface area (Å²) < 4.78 is 13.4. The third kappa shape index (κ3) is 4.74. The van der Waals surface area contributed by atoms with Crippen LogP contribution in [0, 0.1) is 5.82 Å². The predicted molar refractivity (Wildman–Crippen MR) is 117 cm³/mol. The molecule has 5 nitrogen and oxygen atoms in total. The monoisotopic (exact) mass is 410 g/mol. The summed E-state index contributed by atoms with van der Waals surface area (Å²) in [5, 5.41) is 3.65. The lowest BCUT2D eigenvalue weighted by Gasteiger charge is -2.33. The van der Waals surface area contributed by atoms with Crippen molar-refractivity contribution in [3.05, 3.63) is 66.0 Å². The van der Waals surface area contributed by atoms with E-state index in [0.29, 0.717) is 0 Å². The number of carbonyl (C=O) groups excluding carboxylic acids is 1. The van der Waals surface area contributed by atoms with E-state index in [9.17, 15) is 9.18 Å². The molecule has 0 atom stereocenters. The first-order valence-electron chi connectivity index (χ1n) is 9.65. The standard InChI is InChI=1S/C22H23FN4OS/c1-27-13-11-22(12-14-27)25-20(16-7-9-17(23)10-8-16)21(26-22)29-15-19(28)24-18-5-3-2-4-6-18/h2-10H,11-15H2,1H3,(H,24,28). The fourth-order valence-corrected chi connectivity index (χ4v) is 4.35. The Morgan fingerprint density at radius 2 is 1.79 bits per heavy atom. The van der Waals surface area contributed by atoms with Crippen molar-refractivity contribution < 1.29 is 9.18 Å². The number of amides is 1. The van der Waals surface area contributed by atoms with E-state index < -0.39 is 5.66 Å². The zero-order chi connectivity index (χ0) is 20.3. The van der Waals surface area contributed by atoms with Crippen LogP contribution in [0.15, 0.2) is 64.6 Å². The molecule has 1 amide bonds. The molecule has 0 bridgehead atoms. The Labute approximate surface area is 174 Å². The normalized spacial score (nSPS) is 18.4. The number of piperidine rings is 1. The maximum atomic E-state index is 13.4. The third-order valence-corrected chi connectivity index (χ3v) is 6.10. The van der Waals surface area contributed by atoms with Crippen molar-refractivity contribution in [2.24, 2.45) is 9.98 Å². The van der Waals surface area contributed by atoms with Crippen molar-refractivity contribution in [1.29, 1.82) is 0 Å². The molecule has 150 valence electrons. The number of benzene rings is 2. The maximum absolute atomic E-state index is 13.4. The maximum Gasteiger partial charge on any atom is 0.234 e. The lowest BCUT2D eigenvalue weighted by atomic mass is 9.99. The van der Waals surface area contributed by atoms with Gasteiger partial charge in [-0.3, -0.25) is 9.79 Å². The number of anilines is 1. The summed E-state index contributed by atoms with van der Waals surface area (Å²) in [6.07, 6.45) is 1.68. The van der Waals surface area contributed by atoms with Crippen LogP contribution in [0.1, 0.15) is 18.4 Å². The molecule has 29 heavy (non-hydrogen) atoms. The minimum absolute atomic E-state index is 0.0910. The summed E-state index contributed by atoms with van der Waals surface area (Å²) in [4.78, 5) is 24.6. The molecule has 1 fully saturated rings. The summed E-state index contributed by atoms with van der Waals surface area (Å²) in [5.74, 6) is -0.134. The average molecular weight is 411 g/mol. The smallest absolute Gasteiger partial charge is 0.234 e. The topological polar surface area (TPSA) is 57.1 Å². The SMILES string of the molecule is CN1CCC2(CC1)N=C(SCC(=O)Nc1ccccc1)C(c1ccc(F)cc1)=N2. The molecule has 2 aliphatic heterocycles. The molecule has 2 aliphatic rings. The Kier molecular flexibility index (Phi) is 5.78. The number of likely N-dealkylation sites (tertiary alicyclic amines) is 1. The minimum atomic E-state index is -0.464. The Hall–Kier alpha value is -2.51. The Bertz CT molecular complexity index is 935. The van der Waals surface area contributed by atoms with Gasteiger partial charge in [0.25, 0.3) is 0 Å². The number of carbonyl (C=O) groups is 1. The van der Waals surface area contributed by atoms with Crippen molar-refractivity contribution in [3.63, 3.8) is 0 Å². The van der Waals surface area contributed by atoms with Crippen LogP contribution in [0.4, 0.5) is 10.1 Å². The van der Waals surface area contributed by atoms with Crippen molar-refractivity contribution in [2.45, 2.75) is 18.5 Å². The van der Waals surface area contributed by atoms with Crippen LogP contribution in [-0.4, -0.2) is 53.1 Å². The largest absolute Gasteiger partial charge is 0.325 e. The fraction of sp³-hybridized carbons (Fsp3) is 0.318. The first-order valence-corrected chi connectivity index (χ1v) is 10.6. The molecule has 0 radical (unpaired) electrons. The highest BCUT2D eigenvalue weighted by molar-refractivity contribution is 8.16. The molecule has 0 unspecified atom stereocenters. The third-order valence-electron chi connectivity index (χ3n) is 5.14. The van der Waals surface area contributed by atoms with E-state index in [4.69, 9.17) is 9.98 Å². The molecule has 0 aliphatic carbocycles. The molecule has 2 heterocycles. The first kappa shape index (κ1) is 19.8. The van der Waals surface area contributed by atoms with E-state index >= 15 is 0 Å². The summed E-state index contributed by atoms with van der Waals surface area (Å²) in [6, 6.07) is 15.7. The highest BCUT2D eigenvalue weighted by Gasteiger charge is 2.39. The molecule has 1 spiro atoms. The van der Waals surface area contributed by atoms with Crippen LogP contribution in [0.25, 0.3) is 0 Å². The van der Waals surface area contributed by atoms with Gasteiger partial charge in [0.1, 0.15) is 10.9 Å². The molecule has 7 heteroatoms. The van der Waals surface area contributed by atoms with Gasteiger partial charge in [0, 0.05) is 37.2 Å². The second-order valence-corrected chi connectivity index (χ2v) is 8.34. The van der Waals surface area contributed by atoms with Gasteiger partial charge in [-0.15, -0.1) is 0 Å². The van der Waals surface area contributed by atoms with Crippen LogP contribution in [0.3, 0.4) is 0 Å². The number of hydrogen-bond acceptors (Lipinski definition) is 5. The summed E-state index contributed by atoms with van der Waals surface area (Å²) >= 11 is 1.39. The minimum Gasteiger partial charge on any atom is -0.325 e. The lowest BCUT2D eigenvalue weighted by Crippen LogP contribution is -2.39. The van der Waals surface area contributed by atoms with E-state index in [1.54, 1.807) is 12.1 Å². The highest BCUT2D eigenvalue weighted by atomic mass is 32.2. The quantitative estimate of drug-likeness (QED) is 0.834. The van der Waals surface area contributed by atoms with Gasteiger partial charge >= 0.3 is 0 Å². The number of aliphatic imine (C=N–C) groups is 2. The van der Waals surface area contributed by atoms with Gasteiger partial charge in [-0.25, -0.2) is 9.38 Å². The molecule has 2 aromatic rings. The predicted octanol–water partition coefficient (Wildman–Crippen LogP) is 3.82. The molecular weight excluding hydrogens is 387 g/mol.